The van der Waals surface area contributed by atoms with Gasteiger partial charge < -0.3 is 10.5 Å². The molecule has 2 rings (SSSR count). The Kier molecular flexibility index (Phi) is 2.55. The predicted octanol–water partition coefficient (Wildman–Crippen LogP) is 1.98. The second kappa shape index (κ2) is 3.84. The van der Waals surface area contributed by atoms with Gasteiger partial charge in [-0.1, -0.05) is 12.1 Å². The van der Waals surface area contributed by atoms with Crippen molar-refractivity contribution in [2.24, 2.45) is 5.73 Å². The summed E-state index contributed by atoms with van der Waals surface area (Å²) in [4.78, 5) is 0. The van der Waals surface area contributed by atoms with Crippen LogP contribution in [0.1, 0.15) is 17.5 Å². The fraction of sp³-hybridized carbons (Fsp3) is 0.333. The van der Waals surface area contributed by atoms with E-state index in [-0.39, 0.29) is 0 Å². The minimum Gasteiger partial charge on any atom is -0.497 e. The van der Waals surface area contributed by atoms with Crippen LogP contribution in [0, 0.1) is 0 Å². The summed E-state index contributed by atoms with van der Waals surface area (Å²) in [7, 11) is 1.70. The monoisotopic (exact) mass is 189 g/mol. The van der Waals surface area contributed by atoms with Gasteiger partial charge in [-0.2, -0.15) is 0 Å². The molecule has 0 aromatic heterocycles. The van der Waals surface area contributed by atoms with Gasteiger partial charge in [0.25, 0.3) is 0 Å². The molecule has 74 valence electrons. The number of ether oxygens (including phenoxy) is 1. The molecule has 0 aliphatic heterocycles. The largest absolute Gasteiger partial charge is 0.497 e. The second-order valence-electron chi connectivity index (χ2n) is 3.49. The first-order valence-corrected chi connectivity index (χ1v) is 4.91. The van der Waals surface area contributed by atoms with Gasteiger partial charge in [0, 0.05) is 6.54 Å². The highest BCUT2D eigenvalue weighted by Crippen LogP contribution is 2.34. The molecule has 0 unspecified atom stereocenters. The SMILES string of the molecule is COc1ccc2c(c1)/C(=C\CN)CC2. The summed E-state index contributed by atoms with van der Waals surface area (Å²) < 4.78 is 5.21. The number of hydrogen-bond acceptors (Lipinski definition) is 2. The average molecular weight is 189 g/mol. The number of aryl methyl sites for hydroxylation is 1. The van der Waals surface area contributed by atoms with Gasteiger partial charge in [-0.3, -0.25) is 0 Å². The quantitative estimate of drug-likeness (QED) is 0.772. The van der Waals surface area contributed by atoms with Crippen molar-refractivity contribution < 1.29 is 4.74 Å². The van der Waals surface area contributed by atoms with E-state index in [0.29, 0.717) is 6.54 Å². The van der Waals surface area contributed by atoms with E-state index >= 15 is 0 Å². The summed E-state index contributed by atoms with van der Waals surface area (Å²) >= 11 is 0. The van der Waals surface area contributed by atoms with Crippen LogP contribution < -0.4 is 10.5 Å². The predicted molar refractivity (Wildman–Crippen MR) is 58.3 cm³/mol. The normalized spacial score (nSPS) is 17.1. The molecule has 0 heterocycles. The Morgan fingerprint density at radius 1 is 1.43 bits per heavy atom. The molecular formula is C12H15NO. The third-order valence-electron chi connectivity index (χ3n) is 2.69. The minimum atomic E-state index is 0.617. The molecule has 1 aromatic carbocycles. The third-order valence-corrected chi connectivity index (χ3v) is 2.69. The highest BCUT2D eigenvalue weighted by Gasteiger charge is 2.15. The zero-order chi connectivity index (χ0) is 9.97. The fourth-order valence-corrected chi connectivity index (χ4v) is 1.96. The Hall–Kier alpha value is -1.28. The van der Waals surface area contributed by atoms with Gasteiger partial charge in [0.1, 0.15) is 5.75 Å². The maximum atomic E-state index is 5.53. The Morgan fingerprint density at radius 2 is 2.29 bits per heavy atom. The summed E-state index contributed by atoms with van der Waals surface area (Å²) in [5, 5.41) is 0. The number of rotatable bonds is 2. The van der Waals surface area contributed by atoms with Gasteiger partial charge in [-0.15, -0.1) is 0 Å². The van der Waals surface area contributed by atoms with Crippen molar-refractivity contribution in [3.8, 4) is 5.75 Å². The second-order valence-corrected chi connectivity index (χ2v) is 3.49. The van der Waals surface area contributed by atoms with Crippen molar-refractivity contribution in [1.82, 2.24) is 0 Å². The standard InChI is InChI=1S/C12H15NO/c1-14-11-5-4-9-2-3-10(6-7-13)12(9)8-11/h4-6,8H,2-3,7,13H2,1H3/b10-6-. The van der Waals surface area contributed by atoms with E-state index in [9.17, 15) is 0 Å². The molecule has 1 aliphatic carbocycles. The van der Waals surface area contributed by atoms with Crippen LogP contribution in [0.3, 0.4) is 0 Å². The first-order valence-electron chi connectivity index (χ1n) is 4.91. The van der Waals surface area contributed by atoms with E-state index in [1.807, 2.05) is 6.07 Å². The van der Waals surface area contributed by atoms with Crippen LogP contribution in [0.15, 0.2) is 24.3 Å². The topological polar surface area (TPSA) is 35.2 Å². The Labute approximate surface area is 84.4 Å². The van der Waals surface area contributed by atoms with Crippen LogP contribution in [0.5, 0.6) is 5.75 Å². The summed E-state index contributed by atoms with van der Waals surface area (Å²) in [6, 6.07) is 6.26. The van der Waals surface area contributed by atoms with Gasteiger partial charge in [-0.25, -0.2) is 0 Å². The molecule has 0 atom stereocenters. The van der Waals surface area contributed by atoms with Crippen LogP contribution in [-0.4, -0.2) is 13.7 Å². The summed E-state index contributed by atoms with van der Waals surface area (Å²) in [6.07, 6.45) is 4.34. The first-order chi connectivity index (χ1) is 6.85. The van der Waals surface area contributed by atoms with Crippen LogP contribution in [0.4, 0.5) is 0 Å². The van der Waals surface area contributed by atoms with Gasteiger partial charge in [0.05, 0.1) is 7.11 Å². The molecule has 0 spiro atoms. The zero-order valence-electron chi connectivity index (χ0n) is 8.42. The summed E-state index contributed by atoms with van der Waals surface area (Å²) in [5.41, 5.74) is 9.61. The maximum Gasteiger partial charge on any atom is 0.119 e. The lowest BCUT2D eigenvalue weighted by atomic mass is 10.1. The molecule has 2 nitrogen and oxygen atoms in total. The number of benzene rings is 1. The van der Waals surface area contributed by atoms with E-state index in [4.69, 9.17) is 10.5 Å². The number of nitrogens with two attached hydrogens (primary N) is 1. The molecule has 2 heteroatoms. The van der Waals surface area contributed by atoms with Crippen molar-refractivity contribution in [1.29, 1.82) is 0 Å². The minimum absolute atomic E-state index is 0.617. The lowest BCUT2D eigenvalue weighted by Gasteiger charge is -2.04. The highest BCUT2D eigenvalue weighted by molar-refractivity contribution is 5.73. The molecule has 14 heavy (non-hydrogen) atoms. The highest BCUT2D eigenvalue weighted by atomic mass is 16.5. The van der Waals surface area contributed by atoms with E-state index in [0.717, 1.165) is 18.6 Å². The van der Waals surface area contributed by atoms with Crippen molar-refractivity contribution in [3.05, 3.63) is 35.4 Å². The average Bonchev–Trinajstić information content (AvgIpc) is 2.61. The number of fused-ring (bicyclic) bond motifs is 1. The molecule has 1 aliphatic rings. The van der Waals surface area contributed by atoms with Crippen LogP contribution in [0.2, 0.25) is 0 Å². The van der Waals surface area contributed by atoms with Crippen molar-refractivity contribution in [3.63, 3.8) is 0 Å². The lowest BCUT2D eigenvalue weighted by Crippen LogP contribution is -1.94. The third kappa shape index (κ3) is 1.53. The first kappa shape index (κ1) is 9.28. The van der Waals surface area contributed by atoms with E-state index in [1.54, 1.807) is 7.11 Å². The molecule has 0 amide bonds. The molecule has 0 fully saturated rings. The molecule has 0 saturated carbocycles. The molecule has 0 bridgehead atoms. The molecule has 1 aromatic rings. The van der Waals surface area contributed by atoms with E-state index < -0.39 is 0 Å². The number of hydrogen-bond donors (Lipinski definition) is 1. The molecule has 0 radical (unpaired) electrons. The number of methoxy groups -OCH3 is 1. The van der Waals surface area contributed by atoms with E-state index in [1.165, 1.54) is 16.7 Å². The van der Waals surface area contributed by atoms with Gasteiger partial charge in [0.2, 0.25) is 0 Å². The van der Waals surface area contributed by atoms with Gasteiger partial charge in [-0.05, 0) is 41.7 Å². The Balaban J connectivity index is 2.42. The number of allylic oxidation sites excluding steroid dienone is 1. The van der Waals surface area contributed by atoms with Crippen LogP contribution >= 0.6 is 0 Å². The maximum absolute atomic E-state index is 5.53. The zero-order valence-corrected chi connectivity index (χ0v) is 8.42. The Morgan fingerprint density at radius 3 is 3.00 bits per heavy atom. The van der Waals surface area contributed by atoms with Gasteiger partial charge >= 0.3 is 0 Å². The molecular weight excluding hydrogens is 174 g/mol. The Bertz CT molecular complexity index is 369. The van der Waals surface area contributed by atoms with Crippen molar-refractivity contribution >= 4 is 5.57 Å². The fourth-order valence-electron chi connectivity index (χ4n) is 1.96. The van der Waals surface area contributed by atoms with Crippen LogP contribution in [-0.2, 0) is 6.42 Å². The summed E-state index contributed by atoms with van der Waals surface area (Å²) in [6.45, 7) is 0.617. The van der Waals surface area contributed by atoms with Crippen molar-refractivity contribution in [2.75, 3.05) is 13.7 Å². The smallest absolute Gasteiger partial charge is 0.119 e. The molecule has 2 N–H and O–H groups in total. The van der Waals surface area contributed by atoms with Crippen molar-refractivity contribution in [2.45, 2.75) is 12.8 Å². The lowest BCUT2D eigenvalue weighted by molar-refractivity contribution is 0.414. The van der Waals surface area contributed by atoms with E-state index in [2.05, 4.69) is 18.2 Å². The molecule has 0 saturated heterocycles. The summed E-state index contributed by atoms with van der Waals surface area (Å²) in [5.74, 6) is 0.925. The van der Waals surface area contributed by atoms with Gasteiger partial charge in [0.15, 0.2) is 0 Å². The van der Waals surface area contributed by atoms with Crippen LogP contribution in [0.25, 0.3) is 5.57 Å².